The summed E-state index contributed by atoms with van der Waals surface area (Å²) < 4.78 is 32.6. The van der Waals surface area contributed by atoms with E-state index >= 15 is 0 Å². The van der Waals surface area contributed by atoms with E-state index < -0.39 is 13.4 Å². The predicted molar refractivity (Wildman–Crippen MR) is 66.5 cm³/mol. The van der Waals surface area contributed by atoms with Gasteiger partial charge in [0, 0.05) is 13.3 Å². The topological polar surface area (TPSA) is 52.6 Å². The Morgan fingerprint density at radius 2 is 1.25 bits per heavy atom. The second kappa shape index (κ2) is 5.01. The van der Waals surface area contributed by atoms with E-state index in [2.05, 4.69) is 0 Å². The van der Waals surface area contributed by atoms with Crippen LogP contribution in [0.2, 0.25) is 0 Å². The van der Waals surface area contributed by atoms with E-state index in [1.165, 1.54) is 25.5 Å². The van der Waals surface area contributed by atoms with E-state index in [0.29, 0.717) is 0 Å². The molecule has 8 heteroatoms. The molecule has 0 aliphatic carbocycles. The molecule has 0 bridgehead atoms. The summed E-state index contributed by atoms with van der Waals surface area (Å²) in [6.45, 7) is -3.95. The van der Waals surface area contributed by atoms with Gasteiger partial charge in [-0.15, -0.1) is 0 Å². The van der Waals surface area contributed by atoms with Crippen molar-refractivity contribution in [3.05, 3.63) is 24.3 Å². The van der Waals surface area contributed by atoms with Crippen LogP contribution in [0.5, 0.6) is 11.5 Å². The molecule has 90 valence electrons. The molecule has 1 rings (SSSR count). The zero-order chi connectivity index (χ0) is 12.4. The van der Waals surface area contributed by atoms with E-state index in [1.807, 2.05) is 0 Å². The van der Waals surface area contributed by atoms with Crippen LogP contribution in [-0.2, 0) is 9.13 Å². The Labute approximate surface area is 103 Å². The second-order valence-electron chi connectivity index (χ2n) is 3.12. The molecule has 4 nitrogen and oxygen atoms in total. The third-order valence-corrected chi connectivity index (χ3v) is 2.83. The van der Waals surface area contributed by atoms with Crippen LogP contribution in [0.25, 0.3) is 0 Å². The van der Waals surface area contributed by atoms with Gasteiger partial charge in [-0.05, 0) is 34.6 Å². The molecule has 0 saturated carbocycles. The molecule has 0 fully saturated rings. The quantitative estimate of drug-likeness (QED) is 0.765. The third kappa shape index (κ3) is 5.27. The van der Waals surface area contributed by atoms with Crippen molar-refractivity contribution in [3.63, 3.8) is 0 Å². The molecule has 0 N–H and O–H groups in total. The van der Waals surface area contributed by atoms with Gasteiger partial charge in [0.25, 0.3) is 0 Å². The van der Waals surface area contributed by atoms with Gasteiger partial charge in [-0.3, -0.25) is 9.13 Å². The highest BCUT2D eigenvalue weighted by molar-refractivity contribution is 7.85. The molecule has 16 heavy (non-hydrogen) atoms. The first-order valence-corrected chi connectivity index (χ1v) is 10.2. The lowest BCUT2D eigenvalue weighted by Crippen LogP contribution is -1.91. The Kier molecular flexibility index (Phi) is 4.36. The fourth-order valence-corrected chi connectivity index (χ4v) is 2.40. The summed E-state index contributed by atoms with van der Waals surface area (Å²) in [5.41, 5.74) is 0. The average Bonchev–Trinajstić information content (AvgIpc) is 2.03. The van der Waals surface area contributed by atoms with Crippen molar-refractivity contribution >= 4 is 35.9 Å². The number of hydrogen-bond acceptors (Lipinski definition) is 4. The van der Waals surface area contributed by atoms with Gasteiger partial charge in [0.2, 0.25) is 0 Å². The lowest BCUT2D eigenvalue weighted by atomic mass is 10.3. The van der Waals surface area contributed by atoms with Gasteiger partial charge in [-0.25, -0.2) is 0 Å². The van der Waals surface area contributed by atoms with Crippen LogP contribution in [0.1, 0.15) is 0 Å². The van der Waals surface area contributed by atoms with E-state index in [0.717, 1.165) is 0 Å². The van der Waals surface area contributed by atoms with Gasteiger partial charge >= 0.3 is 13.4 Å². The summed E-state index contributed by atoms with van der Waals surface area (Å²) in [4.78, 5) is 0. The minimum atomic E-state index is -3.22. The molecule has 2 unspecified atom stereocenters. The number of rotatable bonds is 4. The molecule has 0 amide bonds. The van der Waals surface area contributed by atoms with Crippen LogP contribution >= 0.6 is 35.9 Å². The lowest BCUT2D eigenvalue weighted by molar-refractivity contribution is 0.467. The summed E-state index contributed by atoms with van der Waals surface area (Å²) in [6, 6.07) is 6.29. The van der Waals surface area contributed by atoms with Crippen LogP contribution in [0.15, 0.2) is 24.3 Å². The lowest BCUT2D eigenvalue weighted by Gasteiger charge is -2.14. The Hall–Kier alpha value is -0.140. The normalized spacial score (nSPS) is 18.2. The van der Waals surface area contributed by atoms with Crippen molar-refractivity contribution in [1.82, 2.24) is 0 Å². The number of para-hydroxylation sites is 2. The summed E-state index contributed by atoms with van der Waals surface area (Å²) in [7, 11) is 0. The minimum absolute atomic E-state index is 0.144. The molecule has 0 aliphatic heterocycles. The molecule has 0 spiro atoms. The van der Waals surface area contributed by atoms with Crippen LogP contribution in [0.3, 0.4) is 0 Å². The summed E-state index contributed by atoms with van der Waals surface area (Å²) in [6.07, 6.45) is 0. The predicted octanol–water partition coefficient (Wildman–Crippen LogP) is 4.57. The minimum Gasteiger partial charge on any atom is -0.429 e. The maximum Gasteiger partial charge on any atom is 0.333 e. The van der Waals surface area contributed by atoms with Gasteiger partial charge in [0.15, 0.2) is 11.5 Å². The van der Waals surface area contributed by atoms with Crippen LogP contribution in [0, 0.1) is 0 Å². The Balaban J connectivity index is 3.01. The molecule has 1 aromatic carbocycles. The van der Waals surface area contributed by atoms with Crippen molar-refractivity contribution < 1.29 is 18.2 Å². The molecule has 2 atom stereocenters. The third-order valence-electron chi connectivity index (χ3n) is 1.37. The van der Waals surface area contributed by atoms with E-state index in [9.17, 15) is 9.13 Å². The zero-order valence-corrected chi connectivity index (χ0v) is 11.9. The maximum atomic E-state index is 11.3. The molecule has 0 saturated heterocycles. The SMILES string of the molecule is CP(=O)(Cl)Oc1ccccc1OP(C)(=O)Cl. The fourth-order valence-electron chi connectivity index (χ4n) is 0.952. The Bertz CT molecular complexity index is 422. The molecule has 0 heterocycles. The summed E-state index contributed by atoms with van der Waals surface area (Å²) in [5, 5.41) is 0. The fraction of sp³-hybridized carbons (Fsp3) is 0.250. The molecular formula is C8H10Cl2O4P2. The summed E-state index contributed by atoms with van der Waals surface area (Å²) >= 11 is 11.0. The molecular weight excluding hydrogens is 293 g/mol. The van der Waals surface area contributed by atoms with E-state index in [-0.39, 0.29) is 11.5 Å². The van der Waals surface area contributed by atoms with Crippen LogP contribution < -0.4 is 9.05 Å². The first-order chi connectivity index (χ1) is 7.17. The van der Waals surface area contributed by atoms with Gasteiger partial charge < -0.3 is 9.05 Å². The van der Waals surface area contributed by atoms with Crippen LogP contribution in [-0.4, -0.2) is 13.3 Å². The van der Waals surface area contributed by atoms with Crippen molar-refractivity contribution in [2.75, 3.05) is 13.3 Å². The maximum absolute atomic E-state index is 11.3. The molecule has 0 aromatic heterocycles. The van der Waals surface area contributed by atoms with Gasteiger partial charge in [-0.1, -0.05) is 12.1 Å². The highest BCUT2D eigenvalue weighted by Crippen LogP contribution is 2.54. The van der Waals surface area contributed by atoms with Crippen molar-refractivity contribution in [3.8, 4) is 11.5 Å². The second-order valence-corrected chi connectivity index (χ2v) is 10.2. The van der Waals surface area contributed by atoms with Gasteiger partial charge in [0.05, 0.1) is 0 Å². The van der Waals surface area contributed by atoms with Crippen LogP contribution in [0.4, 0.5) is 0 Å². The van der Waals surface area contributed by atoms with E-state index in [1.54, 1.807) is 12.1 Å². The smallest absolute Gasteiger partial charge is 0.333 e. The average molecular weight is 303 g/mol. The Morgan fingerprint density at radius 3 is 1.50 bits per heavy atom. The van der Waals surface area contributed by atoms with Crippen molar-refractivity contribution in [2.24, 2.45) is 0 Å². The van der Waals surface area contributed by atoms with Crippen molar-refractivity contribution in [2.45, 2.75) is 0 Å². The Morgan fingerprint density at radius 1 is 0.938 bits per heavy atom. The number of benzene rings is 1. The molecule has 1 aromatic rings. The number of hydrogen-bond donors (Lipinski definition) is 0. The highest BCUT2D eigenvalue weighted by atomic mass is 35.7. The molecule has 0 aliphatic rings. The molecule has 0 radical (unpaired) electrons. The largest absolute Gasteiger partial charge is 0.429 e. The first kappa shape index (κ1) is 13.9. The van der Waals surface area contributed by atoms with E-state index in [4.69, 9.17) is 31.5 Å². The van der Waals surface area contributed by atoms with Gasteiger partial charge in [-0.2, -0.15) is 0 Å². The van der Waals surface area contributed by atoms with Crippen molar-refractivity contribution in [1.29, 1.82) is 0 Å². The first-order valence-electron chi connectivity index (χ1n) is 4.20. The standard InChI is InChI=1S/C8H10Cl2O4P2/c1-15(9,11)13-7-5-3-4-6-8(7)14-16(2,10)12/h3-6H,1-2H3. The highest BCUT2D eigenvalue weighted by Gasteiger charge is 2.19. The zero-order valence-electron chi connectivity index (χ0n) is 8.59. The monoisotopic (exact) mass is 302 g/mol. The summed E-state index contributed by atoms with van der Waals surface area (Å²) in [5.74, 6) is 0.289. The van der Waals surface area contributed by atoms with Gasteiger partial charge in [0.1, 0.15) is 0 Å². The number of halogens is 2.